The fourth-order valence-electron chi connectivity index (χ4n) is 2.60. The Morgan fingerprint density at radius 3 is 2.63 bits per heavy atom. The number of benzene rings is 3. The lowest BCUT2D eigenvalue weighted by molar-refractivity contribution is 0.616. The molecule has 0 aliphatic rings. The molecule has 1 heterocycles. The van der Waals surface area contributed by atoms with Crippen molar-refractivity contribution in [2.75, 3.05) is 0 Å². The van der Waals surface area contributed by atoms with Gasteiger partial charge in [0.2, 0.25) is 5.89 Å². The third-order valence-electron chi connectivity index (χ3n) is 3.95. The van der Waals surface area contributed by atoms with Crippen molar-refractivity contribution >= 4 is 40.7 Å². The number of nitrogens with zero attached hydrogens (tertiary/aromatic N) is 2. The molecule has 0 amide bonds. The quantitative estimate of drug-likeness (QED) is 0.371. The highest BCUT2D eigenvalue weighted by Gasteiger charge is 2.08. The zero-order valence-electron chi connectivity index (χ0n) is 14.1. The minimum atomic E-state index is -0.295. The second-order valence-corrected chi connectivity index (χ2v) is 6.24. The van der Waals surface area contributed by atoms with Crippen molar-refractivity contribution in [3.05, 3.63) is 89.2 Å². The zero-order valence-corrected chi connectivity index (χ0v) is 14.9. The fraction of sp³-hybridized carbons (Fsp3) is 0. The summed E-state index contributed by atoms with van der Waals surface area (Å²) in [7, 11) is 0. The summed E-state index contributed by atoms with van der Waals surface area (Å²) < 4.78 is 18.8. The van der Waals surface area contributed by atoms with Gasteiger partial charge in [-0.1, -0.05) is 35.9 Å². The van der Waals surface area contributed by atoms with E-state index >= 15 is 0 Å². The maximum Gasteiger partial charge on any atom is 0.227 e. The Bertz CT molecular complexity index is 1150. The Balaban J connectivity index is 1.55. The van der Waals surface area contributed by atoms with Gasteiger partial charge in [-0.15, -0.1) is 0 Å². The number of hydrogen-bond acceptors (Lipinski definition) is 3. The van der Waals surface area contributed by atoms with Crippen LogP contribution >= 0.6 is 11.6 Å². The first-order valence-electron chi connectivity index (χ1n) is 8.31. The summed E-state index contributed by atoms with van der Waals surface area (Å²) >= 11 is 6.11. The van der Waals surface area contributed by atoms with E-state index in [2.05, 4.69) is 9.98 Å². The van der Waals surface area contributed by atoms with E-state index in [-0.39, 0.29) is 5.82 Å². The molecular weight excluding hydrogens is 363 g/mol. The van der Waals surface area contributed by atoms with Crippen molar-refractivity contribution in [2.24, 2.45) is 4.99 Å². The molecule has 0 aliphatic carbocycles. The Kier molecular flexibility index (Phi) is 4.81. The van der Waals surface area contributed by atoms with E-state index in [1.165, 1.54) is 12.1 Å². The molecule has 0 spiro atoms. The molecule has 5 heteroatoms. The average molecular weight is 377 g/mol. The first-order chi connectivity index (χ1) is 13.2. The average Bonchev–Trinajstić information content (AvgIpc) is 3.10. The lowest BCUT2D eigenvalue weighted by Crippen LogP contribution is -1.78. The van der Waals surface area contributed by atoms with Gasteiger partial charge in [-0.3, -0.25) is 4.99 Å². The highest BCUT2D eigenvalue weighted by molar-refractivity contribution is 6.32. The van der Waals surface area contributed by atoms with E-state index in [0.717, 1.165) is 16.8 Å². The number of oxazole rings is 1. The Morgan fingerprint density at radius 2 is 1.81 bits per heavy atom. The van der Waals surface area contributed by atoms with Gasteiger partial charge in [0.15, 0.2) is 5.58 Å². The van der Waals surface area contributed by atoms with Gasteiger partial charge in [-0.25, -0.2) is 9.37 Å². The van der Waals surface area contributed by atoms with Crippen LogP contribution < -0.4 is 0 Å². The van der Waals surface area contributed by atoms with Crippen LogP contribution in [0.1, 0.15) is 5.56 Å². The summed E-state index contributed by atoms with van der Waals surface area (Å²) in [4.78, 5) is 8.87. The van der Waals surface area contributed by atoms with Crippen LogP contribution in [0.5, 0.6) is 0 Å². The SMILES string of the molecule is Fc1ccc(-c2nc3cc(N=C/C=C/c4ccccc4Cl)ccc3o2)cc1. The molecule has 0 unspecified atom stereocenters. The molecule has 0 aliphatic heterocycles. The minimum Gasteiger partial charge on any atom is -0.436 e. The van der Waals surface area contributed by atoms with Crippen LogP contribution in [0.3, 0.4) is 0 Å². The summed E-state index contributed by atoms with van der Waals surface area (Å²) in [5, 5.41) is 0.694. The molecule has 0 fully saturated rings. The highest BCUT2D eigenvalue weighted by atomic mass is 35.5. The zero-order chi connectivity index (χ0) is 18.6. The van der Waals surface area contributed by atoms with Crippen LogP contribution in [0.25, 0.3) is 28.6 Å². The van der Waals surface area contributed by atoms with Gasteiger partial charge < -0.3 is 4.42 Å². The Hall–Kier alpha value is -3.24. The van der Waals surface area contributed by atoms with Crippen LogP contribution in [-0.2, 0) is 0 Å². The second kappa shape index (κ2) is 7.56. The molecule has 0 bridgehead atoms. The molecule has 0 radical (unpaired) electrons. The third-order valence-corrected chi connectivity index (χ3v) is 4.30. The topological polar surface area (TPSA) is 38.4 Å². The summed E-state index contributed by atoms with van der Waals surface area (Å²) in [6, 6.07) is 19.1. The standard InChI is InChI=1S/C22H14ClFN2O/c23-19-6-2-1-4-15(19)5-3-13-25-18-11-12-21-20(14-18)26-22(27-21)16-7-9-17(24)10-8-16/h1-14H/b5-3+,25-13?. The summed E-state index contributed by atoms with van der Waals surface area (Å²) in [6.45, 7) is 0. The second-order valence-electron chi connectivity index (χ2n) is 5.84. The van der Waals surface area contributed by atoms with E-state index in [0.29, 0.717) is 22.0 Å². The molecule has 4 aromatic rings. The number of allylic oxidation sites excluding steroid dienone is 1. The van der Waals surface area contributed by atoms with E-state index in [4.69, 9.17) is 16.0 Å². The Morgan fingerprint density at radius 1 is 1.00 bits per heavy atom. The van der Waals surface area contributed by atoms with Gasteiger partial charge in [0, 0.05) is 16.8 Å². The first-order valence-corrected chi connectivity index (χ1v) is 8.69. The van der Waals surface area contributed by atoms with E-state index in [1.807, 2.05) is 54.6 Å². The predicted molar refractivity (Wildman–Crippen MR) is 108 cm³/mol. The lowest BCUT2D eigenvalue weighted by atomic mass is 10.2. The van der Waals surface area contributed by atoms with Crippen LogP contribution in [0.4, 0.5) is 10.1 Å². The molecular formula is C22H14ClFN2O. The predicted octanol–water partition coefficient (Wildman–Crippen LogP) is 6.70. The molecule has 1 aromatic heterocycles. The van der Waals surface area contributed by atoms with Gasteiger partial charge in [-0.2, -0.15) is 0 Å². The maximum atomic E-state index is 13.1. The number of aromatic nitrogens is 1. The third kappa shape index (κ3) is 3.96. The van der Waals surface area contributed by atoms with Gasteiger partial charge >= 0.3 is 0 Å². The smallest absolute Gasteiger partial charge is 0.227 e. The maximum absolute atomic E-state index is 13.1. The van der Waals surface area contributed by atoms with Crippen LogP contribution in [0, 0.1) is 5.82 Å². The van der Waals surface area contributed by atoms with Crippen molar-refractivity contribution in [3.8, 4) is 11.5 Å². The van der Waals surface area contributed by atoms with Crippen LogP contribution in [0.15, 0.2) is 82.2 Å². The summed E-state index contributed by atoms with van der Waals surface area (Å²) in [5.74, 6) is 0.154. The molecule has 0 saturated heterocycles. The van der Waals surface area contributed by atoms with Crippen LogP contribution in [0.2, 0.25) is 5.02 Å². The molecule has 132 valence electrons. The van der Waals surface area contributed by atoms with E-state index in [9.17, 15) is 4.39 Å². The largest absolute Gasteiger partial charge is 0.436 e. The van der Waals surface area contributed by atoms with Gasteiger partial charge in [0.25, 0.3) is 0 Å². The molecule has 27 heavy (non-hydrogen) atoms. The minimum absolute atomic E-state index is 0.295. The van der Waals surface area contributed by atoms with E-state index in [1.54, 1.807) is 18.3 Å². The van der Waals surface area contributed by atoms with Gasteiger partial charge in [0.05, 0.1) is 5.69 Å². The van der Waals surface area contributed by atoms with E-state index < -0.39 is 0 Å². The monoisotopic (exact) mass is 376 g/mol. The number of halogens is 2. The molecule has 3 aromatic carbocycles. The highest BCUT2D eigenvalue weighted by Crippen LogP contribution is 2.27. The van der Waals surface area contributed by atoms with Crippen molar-refractivity contribution in [2.45, 2.75) is 0 Å². The first kappa shape index (κ1) is 17.2. The fourth-order valence-corrected chi connectivity index (χ4v) is 2.80. The lowest BCUT2D eigenvalue weighted by Gasteiger charge is -1.95. The van der Waals surface area contributed by atoms with Crippen molar-refractivity contribution in [1.82, 2.24) is 4.98 Å². The van der Waals surface area contributed by atoms with Crippen molar-refractivity contribution in [3.63, 3.8) is 0 Å². The molecule has 0 N–H and O–H groups in total. The van der Waals surface area contributed by atoms with Gasteiger partial charge in [0.1, 0.15) is 11.3 Å². The molecule has 0 saturated carbocycles. The van der Waals surface area contributed by atoms with Gasteiger partial charge in [-0.05, 0) is 60.2 Å². The molecule has 0 atom stereocenters. The number of fused-ring (bicyclic) bond motifs is 1. The summed E-state index contributed by atoms with van der Waals surface area (Å²) in [6.07, 6.45) is 5.43. The van der Waals surface area contributed by atoms with Crippen molar-refractivity contribution < 1.29 is 8.81 Å². The number of hydrogen-bond donors (Lipinski definition) is 0. The number of rotatable bonds is 4. The number of aliphatic imine (C=N–C) groups is 1. The summed E-state index contributed by atoms with van der Waals surface area (Å²) in [5.41, 5.74) is 3.76. The van der Waals surface area contributed by atoms with Crippen molar-refractivity contribution in [1.29, 1.82) is 0 Å². The normalized spacial score (nSPS) is 11.8. The Labute approximate surface area is 160 Å². The van der Waals surface area contributed by atoms with Crippen LogP contribution in [-0.4, -0.2) is 11.2 Å². The molecule has 3 nitrogen and oxygen atoms in total. The molecule has 4 rings (SSSR count).